The molecule has 1 heterocycles. The lowest BCUT2D eigenvalue weighted by Crippen LogP contribution is -2.29. The molecule has 0 aromatic heterocycles. The van der Waals surface area contributed by atoms with E-state index in [-0.39, 0.29) is 0 Å². The topological polar surface area (TPSA) is 45.2 Å². The van der Waals surface area contributed by atoms with Crippen molar-refractivity contribution in [2.24, 2.45) is 0 Å². The molecule has 39 heavy (non-hydrogen) atoms. The Morgan fingerprint density at radius 1 is 0.897 bits per heavy atom. The van der Waals surface area contributed by atoms with Gasteiger partial charge >= 0.3 is 0 Å². The number of anilines is 1. The van der Waals surface area contributed by atoms with E-state index in [1.807, 2.05) is 12.1 Å². The molecule has 1 atom stereocenters. The van der Waals surface area contributed by atoms with Crippen LogP contribution in [0.4, 0.5) is 5.69 Å². The summed E-state index contributed by atoms with van der Waals surface area (Å²) in [5.41, 5.74) is 6.53. The number of benzene rings is 3. The first kappa shape index (κ1) is 27.4. The van der Waals surface area contributed by atoms with Gasteiger partial charge in [0.2, 0.25) is 0 Å². The zero-order valence-corrected chi connectivity index (χ0v) is 23.7. The van der Waals surface area contributed by atoms with Gasteiger partial charge in [0, 0.05) is 31.4 Å². The molecule has 1 aliphatic heterocycles. The van der Waals surface area contributed by atoms with Crippen molar-refractivity contribution in [1.29, 1.82) is 0 Å². The second-order valence-corrected chi connectivity index (χ2v) is 11.1. The Labute approximate surface area is 234 Å². The predicted molar refractivity (Wildman–Crippen MR) is 159 cm³/mol. The van der Waals surface area contributed by atoms with Crippen LogP contribution in [-0.4, -0.2) is 49.9 Å². The molecule has 0 amide bonds. The summed E-state index contributed by atoms with van der Waals surface area (Å²) < 4.78 is 11.7. The van der Waals surface area contributed by atoms with E-state index in [0.29, 0.717) is 11.7 Å². The fraction of sp³-hybridized carbons (Fsp3) is 0.471. The molecule has 5 heteroatoms. The molecule has 1 N–H and O–H groups in total. The minimum Gasteiger partial charge on any atom is -0.508 e. The van der Waals surface area contributed by atoms with E-state index in [0.717, 1.165) is 57.0 Å². The van der Waals surface area contributed by atoms with Crippen LogP contribution in [0.5, 0.6) is 17.2 Å². The lowest BCUT2D eigenvalue weighted by molar-refractivity contribution is 0.214. The Morgan fingerprint density at radius 2 is 1.67 bits per heavy atom. The number of likely N-dealkylation sites (tertiary alicyclic amines) is 1. The molecule has 0 bridgehead atoms. The third-order valence-corrected chi connectivity index (χ3v) is 8.49. The number of aryl methyl sites for hydroxylation is 1. The molecule has 2 aliphatic rings. The minimum absolute atomic E-state index is 0.364. The van der Waals surface area contributed by atoms with Crippen LogP contribution in [0, 0.1) is 0 Å². The summed E-state index contributed by atoms with van der Waals surface area (Å²) in [5, 5.41) is 9.91. The summed E-state index contributed by atoms with van der Waals surface area (Å²) >= 11 is 0. The van der Waals surface area contributed by atoms with E-state index >= 15 is 0 Å². The van der Waals surface area contributed by atoms with Crippen LogP contribution >= 0.6 is 0 Å². The van der Waals surface area contributed by atoms with Crippen molar-refractivity contribution < 1.29 is 14.6 Å². The molecule has 0 radical (unpaired) electrons. The van der Waals surface area contributed by atoms with Gasteiger partial charge in [-0.15, -0.1) is 0 Å². The molecule has 3 aromatic rings. The first-order chi connectivity index (χ1) is 19.1. The summed E-state index contributed by atoms with van der Waals surface area (Å²) in [6.45, 7) is 8.14. The predicted octanol–water partition coefficient (Wildman–Crippen LogP) is 6.95. The number of nitrogens with zero attached hydrogens (tertiary/aromatic N) is 2. The van der Waals surface area contributed by atoms with Crippen LogP contribution in [0.25, 0.3) is 0 Å². The summed E-state index contributed by atoms with van der Waals surface area (Å²) in [6, 6.07) is 21.0. The van der Waals surface area contributed by atoms with Gasteiger partial charge in [-0.1, -0.05) is 37.1 Å². The smallest absolute Gasteiger partial charge is 0.120 e. The van der Waals surface area contributed by atoms with Crippen LogP contribution in [0.15, 0.2) is 60.7 Å². The van der Waals surface area contributed by atoms with Gasteiger partial charge in [0.1, 0.15) is 23.9 Å². The number of ether oxygens (including phenoxy) is 2. The summed E-state index contributed by atoms with van der Waals surface area (Å²) in [5.74, 6) is 2.65. The molecule has 5 rings (SSSR count). The highest BCUT2D eigenvalue weighted by atomic mass is 16.5. The Bertz CT molecular complexity index is 1200. The Balaban J connectivity index is 1.26. The second-order valence-electron chi connectivity index (χ2n) is 11.1. The maximum atomic E-state index is 9.91. The van der Waals surface area contributed by atoms with Crippen molar-refractivity contribution in [3.8, 4) is 17.2 Å². The Morgan fingerprint density at radius 3 is 2.41 bits per heavy atom. The first-order valence-corrected chi connectivity index (χ1v) is 14.8. The van der Waals surface area contributed by atoms with E-state index < -0.39 is 0 Å². The molecule has 1 saturated heterocycles. The van der Waals surface area contributed by atoms with Gasteiger partial charge in [0.05, 0.1) is 7.11 Å². The molecule has 0 unspecified atom stereocenters. The van der Waals surface area contributed by atoms with Gasteiger partial charge in [0.15, 0.2) is 0 Å². The second kappa shape index (κ2) is 13.3. The zero-order valence-electron chi connectivity index (χ0n) is 23.7. The molecule has 1 aliphatic carbocycles. The van der Waals surface area contributed by atoms with Gasteiger partial charge in [-0.2, -0.15) is 0 Å². The summed E-state index contributed by atoms with van der Waals surface area (Å²) in [4.78, 5) is 5.00. The third kappa shape index (κ3) is 7.07. The van der Waals surface area contributed by atoms with Crippen molar-refractivity contribution in [3.63, 3.8) is 0 Å². The SMILES string of the molecule is CCN(Cc1ccc(OCCN2CCCCCC2)cc1)c1cc(OC)ccc1[C@@H]1CCc2cc(O)ccc2C1. The Kier molecular flexibility index (Phi) is 9.31. The number of methoxy groups -OCH3 is 1. The van der Waals surface area contributed by atoms with Gasteiger partial charge in [-0.05, 0) is 111 Å². The van der Waals surface area contributed by atoms with Crippen LogP contribution in [0.1, 0.15) is 67.2 Å². The number of phenolic OH excluding ortho intramolecular Hbond substituents is 1. The third-order valence-electron chi connectivity index (χ3n) is 8.49. The summed E-state index contributed by atoms with van der Waals surface area (Å²) in [7, 11) is 1.74. The number of hydrogen-bond acceptors (Lipinski definition) is 5. The average Bonchev–Trinajstić information content (AvgIpc) is 3.25. The first-order valence-electron chi connectivity index (χ1n) is 14.8. The monoisotopic (exact) mass is 528 g/mol. The molecule has 5 nitrogen and oxygen atoms in total. The highest BCUT2D eigenvalue weighted by molar-refractivity contribution is 5.60. The van der Waals surface area contributed by atoms with E-state index in [4.69, 9.17) is 9.47 Å². The number of hydrogen-bond donors (Lipinski definition) is 1. The van der Waals surface area contributed by atoms with Crippen LogP contribution in [0.2, 0.25) is 0 Å². The lowest BCUT2D eigenvalue weighted by Gasteiger charge is -2.32. The average molecular weight is 529 g/mol. The zero-order chi connectivity index (χ0) is 27.0. The van der Waals surface area contributed by atoms with Crippen molar-refractivity contribution in [2.75, 3.05) is 44.8 Å². The lowest BCUT2D eigenvalue weighted by atomic mass is 9.79. The maximum absolute atomic E-state index is 9.91. The van der Waals surface area contributed by atoms with E-state index in [2.05, 4.69) is 65.3 Å². The van der Waals surface area contributed by atoms with Crippen LogP contribution in [-0.2, 0) is 19.4 Å². The standard InChI is InChI=1S/C34H44N2O3/c1-3-36(25-26-8-14-31(15-9-26)39-21-20-35-18-6-4-5-7-19-35)34-24-32(38-2)16-17-33(34)29-11-10-28-23-30(37)13-12-27(28)22-29/h8-9,12-17,23-24,29,37H,3-7,10-11,18-22,25H2,1-2H3/t29-/m1/s1. The van der Waals surface area contributed by atoms with E-state index in [9.17, 15) is 5.11 Å². The molecule has 0 saturated carbocycles. The molecule has 3 aromatic carbocycles. The molecular weight excluding hydrogens is 484 g/mol. The van der Waals surface area contributed by atoms with Crippen LogP contribution in [0.3, 0.4) is 0 Å². The summed E-state index contributed by atoms with van der Waals surface area (Å²) in [6.07, 6.45) is 8.43. The van der Waals surface area contributed by atoms with Gasteiger partial charge in [0.25, 0.3) is 0 Å². The molecule has 1 fully saturated rings. The highest BCUT2D eigenvalue weighted by Gasteiger charge is 2.24. The number of fused-ring (bicyclic) bond motifs is 1. The van der Waals surface area contributed by atoms with Crippen molar-refractivity contribution in [3.05, 3.63) is 82.9 Å². The van der Waals surface area contributed by atoms with E-state index in [1.165, 1.54) is 66.7 Å². The van der Waals surface area contributed by atoms with Crippen LogP contribution < -0.4 is 14.4 Å². The van der Waals surface area contributed by atoms with E-state index in [1.54, 1.807) is 7.11 Å². The van der Waals surface area contributed by atoms with Crippen molar-refractivity contribution in [1.82, 2.24) is 4.90 Å². The highest BCUT2D eigenvalue weighted by Crippen LogP contribution is 2.40. The largest absolute Gasteiger partial charge is 0.508 e. The number of rotatable bonds is 10. The van der Waals surface area contributed by atoms with Crippen molar-refractivity contribution >= 4 is 5.69 Å². The van der Waals surface area contributed by atoms with Crippen molar-refractivity contribution in [2.45, 2.75) is 64.3 Å². The molecular formula is C34H44N2O3. The van der Waals surface area contributed by atoms with Gasteiger partial charge in [-0.25, -0.2) is 0 Å². The molecule has 208 valence electrons. The number of aromatic hydroxyl groups is 1. The minimum atomic E-state index is 0.364. The Hall–Kier alpha value is -3.18. The quantitative estimate of drug-likeness (QED) is 0.308. The normalized spacial score (nSPS) is 17.7. The van der Waals surface area contributed by atoms with Gasteiger partial charge < -0.3 is 19.5 Å². The van der Waals surface area contributed by atoms with Gasteiger partial charge in [-0.3, -0.25) is 4.90 Å². The fourth-order valence-electron chi connectivity index (χ4n) is 6.21. The molecule has 0 spiro atoms. The fourth-order valence-corrected chi connectivity index (χ4v) is 6.21. The maximum Gasteiger partial charge on any atom is 0.120 e. The number of phenols is 1.